The molecule has 0 N–H and O–H groups in total. The molecule has 3 aromatic rings. The standard InChI is InChI=1S/C22H18Cl2N2O2S/c23-18-8-3-1-6-15(18)13-26(22(27)21-10-5-11-29-21)14-16-12-20(25-28-16)17-7-2-4-9-19(17)24/h1-11,16H,12-14H2. The summed E-state index contributed by atoms with van der Waals surface area (Å²) in [5.74, 6) is -0.0466. The first kappa shape index (κ1) is 20.0. The molecule has 1 aromatic heterocycles. The van der Waals surface area contributed by atoms with Gasteiger partial charge in [-0.25, -0.2) is 0 Å². The molecule has 29 heavy (non-hydrogen) atoms. The second-order valence-electron chi connectivity index (χ2n) is 6.70. The van der Waals surface area contributed by atoms with Gasteiger partial charge in [-0.1, -0.05) is 70.8 Å². The molecule has 0 spiro atoms. The average Bonchev–Trinajstić information content (AvgIpc) is 3.41. The third kappa shape index (κ3) is 4.64. The van der Waals surface area contributed by atoms with E-state index >= 15 is 0 Å². The minimum atomic E-state index is -0.243. The van der Waals surface area contributed by atoms with Crippen molar-refractivity contribution in [3.8, 4) is 0 Å². The highest BCUT2D eigenvalue weighted by molar-refractivity contribution is 7.12. The van der Waals surface area contributed by atoms with Crippen molar-refractivity contribution in [2.45, 2.75) is 19.1 Å². The fraction of sp³-hybridized carbons (Fsp3) is 0.182. The average molecular weight is 445 g/mol. The molecule has 0 fully saturated rings. The monoisotopic (exact) mass is 444 g/mol. The Morgan fingerprint density at radius 3 is 2.55 bits per heavy atom. The molecule has 0 bridgehead atoms. The number of hydrogen-bond donors (Lipinski definition) is 0. The quantitative estimate of drug-likeness (QED) is 0.475. The van der Waals surface area contributed by atoms with E-state index in [1.54, 1.807) is 4.90 Å². The van der Waals surface area contributed by atoms with E-state index in [2.05, 4.69) is 5.16 Å². The summed E-state index contributed by atoms with van der Waals surface area (Å²) < 4.78 is 0. The van der Waals surface area contributed by atoms with E-state index in [0.717, 1.165) is 16.8 Å². The Morgan fingerprint density at radius 1 is 1.07 bits per heavy atom. The van der Waals surface area contributed by atoms with Crippen molar-refractivity contribution in [2.24, 2.45) is 5.16 Å². The molecule has 148 valence electrons. The minimum Gasteiger partial charge on any atom is -0.390 e. The predicted molar refractivity (Wildman–Crippen MR) is 118 cm³/mol. The van der Waals surface area contributed by atoms with Crippen LogP contribution in [0.3, 0.4) is 0 Å². The van der Waals surface area contributed by atoms with Crippen molar-refractivity contribution >= 4 is 46.2 Å². The van der Waals surface area contributed by atoms with E-state index in [0.29, 0.717) is 34.4 Å². The highest BCUT2D eigenvalue weighted by atomic mass is 35.5. The van der Waals surface area contributed by atoms with Crippen molar-refractivity contribution in [1.29, 1.82) is 0 Å². The number of nitrogens with zero attached hydrogens (tertiary/aromatic N) is 2. The number of carbonyl (C=O) groups excluding carboxylic acids is 1. The van der Waals surface area contributed by atoms with Crippen molar-refractivity contribution < 1.29 is 9.63 Å². The molecule has 1 unspecified atom stereocenters. The number of halogens is 2. The molecule has 0 radical (unpaired) electrons. The number of oxime groups is 1. The second-order valence-corrected chi connectivity index (χ2v) is 8.47. The number of amides is 1. The Labute approximate surface area is 183 Å². The molecule has 1 amide bonds. The molecule has 1 atom stereocenters. The predicted octanol–water partition coefficient (Wildman–Crippen LogP) is 5.89. The maximum atomic E-state index is 13.1. The van der Waals surface area contributed by atoms with Crippen LogP contribution in [0.2, 0.25) is 10.0 Å². The summed E-state index contributed by atoms with van der Waals surface area (Å²) in [7, 11) is 0. The zero-order valence-corrected chi connectivity index (χ0v) is 17.8. The number of rotatable bonds is 6. The van der Waals surface area contributed by atoms with Crippen LogP contribution in [0.5, 0.6) is 0 Å². The summed E-state index contributed by atoms with van der Waals surface area (Å²) in [6, 6.07) is 18.8. The van der Waals surface area contributed by atoms with Crippen LogP contribution in [-0.2, 0) is 11.4 Å². The van der Waals surface area contributed by atoms with Gasteiger partial charge in [0.2, 0.25) is 0 Å². The van der Waals surface area contributed by atoms with Crippen LogP contribution in [0.1, 0.15) is 27.2 Å². The number of carbonyl (C=O) groups is 1. The van der Waals surface area contributed by atoms with E-state index in [4.69, 9.17) is 28.0 Å². The first-order valence-corrected chi connectivity index (χ1v) is 10.8. The van der Waals surface area contributed by atoms with Gasteiger partial charge in [0.1, 0.15) is 0 Å². The van der Waals surface area contributed by atoms with Crippen molar-refractivity contribution in [1.82, 2.24) is 4.90 Å². The van der Waals surface area contributed by atoms with Gasteiger partial charge in [0.25, 0.3) is 5.91 Å². The minimum absolute atomic E-state index is 0.0466. The Balaban J connectivity index is 1.51. The molecular weight excluding hydrogens is 427 g/mol. The SMILES string of the molecule is O=C(c1cccs1)N(Cc1ccccc1Cl)CC1CC(c2ccccc2Cl)=NO1. The lowest BCUT2D eigenvalue weighted by Gasteiger charge is -2.25. The summed E-state index contributed by atoms with van der Waals surface area (Å²) >= 11 is 14.0. The van der Waals surface area contributed by atoms with Crippen LogP contribution in [0.15, 0.2) is 71.2 Å². The molecule has 0 saturated heterocycles. The summed E-state index contributed by atoms with van der Waals surface area (Å²) in [6.07, 6.45) is 0.341. The normalized spacial score (nSPS) is 15.7. The second kappa shape index (κ2) is 8.99. The van der Waals surface area contributed by atoms with Gasteiger partial charge in [0.05, 0.1) is 17.1 Å². The Morgan fingerprint density at radius 2 is 1.83 bits per heavy atom. The van der Waals surface area contributed by atoms with Gasteiger partial charge in [0.15, 0.2) is 6.10 Å². The number of benzene rings is 2. The van der Waals surface area contributed by atoms with Crippen molar-refractivity contribution in [3.63, 3.8) is 0 Å². The molecule has 7 heteroatoms. The van der Waals surface area contributed by atoms with E-state index < -0.39 is 0 Å². The molecular formula is C22H18Cl2N2O2S. The van der Waals surface area contributed by atoms with Gasteiger partial charge in [-0.05, 0) is 29.1 Å². The van der Waals surface area contributed by atoms with Crippen LogP contribution in [0.25, 0.3) is 0 Å². The highest BCUT2D eigenvalue weighted by Crippen LogP contribution is 2.25. The molecule has 4 nitrogen and oxygen atoms in total. The first-order chi connectivity index (χ1) is 14.1. The molecule has 1 aliphatic heterocycles. The first-order valence-electron chi connectivity index (χ1n) is 9.15. The summed E-state index contributed by atoms with van der Waals surface area (Å²) in [5, 5.41) is 7.39. The van der Waals surface area contributed by atoms with Crippen molar-refractivity contribution in [2.75, 3.05) is 6.54 Å². The fourth-order valence-electron chi connectivity index (χ4n) is 3.23. The third-order valence-corrected chi connectivity index (χ3v) is 6.24. The molecule has 0 aliphatic carbocycles. The van der Waals surface area contributed by atoms with Gasteiger partial charge >= 0.3 is 0 Å². The smallest absolute Gasteiger partial charge is 0.264 e. The van der Waals surface area contributed by atoms with Crippen LogP contribution in [0.4, 0.5) is 0 Å². The lowest BCUT2D eigenvalue weighted by molar-refractivity contribution is 0.0408. The molecule has 4 rings (SSSR count). The Kier molecular flexibility index (Phi) is 6.19. The third-order valence-electron chi connectivity index (χ3n) is 4.68. The lowest BCUT2D eigenvalue weighted by Crippen LogP contribution is -2.37. The van der Waals surface area contributed by atoms with Gasteiger partial charge in [0, 0.05) is 28.6 Å². The summed E-state index contributed by atoms with van der Waals surface area (Å²) in [5.41, 5.74) is 2.55. The van der Waals surface area contributed by atoms with Crippen LogP contribution < -0.4 is 0 Å². The van der Waals surface area contributed by atoms with E-state index in [9.17, 15) is 4.79 Å². The van der Waals surface area contributed by atoms with Gasteiger partial charge < -0.3 is 9.74 Å². The topological polar surface area (TPSA) is 41.9 Å². The van der Waals surface area contributed by atoms with Gasteiger partial charge in [-0.2, -0.15) is 0 Å². The van der Waals surface area contributed by atoms with Crippen LogP contribution in [0, 0.1) is 0 Å². The van der Waals surface area contributed by atoms with E-state index in [-0.39, 0.29) is 12.0 Å². The maximum Gasteiger partial charge on any atom is 0.264 e. The summed E-state index contributed by atoms with van der Waals surface area (Å²) in [6.45, 7) is 0.803. The largest absolute Gasteiger partial charge is 0.390 e. The highest BCUT2D eigenvalue weighted by Gasteiger charge is 2.28. The molecule has 2 heterocycles. The van der Waals surface area contributed by atoms with Crippen LogP contribution >= 0.6 is 34.5 Å². The molecule has 1 aliphatic rings. The van der Waals surface area contributed by atoms with Gasteiger partial charge in [-0.3, -0.25) is 4.79 Å². The zero-order valence-electron chi connectivity index (χ0n) is 15.4. The fourth-order valence-corrected chi connectivity index (χ4v) is 4.37. The Bertz CT molecular complexity index is 1040. The zero-order chi connectivity index (χ0) is 20.2. The van der Waals surface area contributed by atoms with Gasteiger partial charge in [-0.15, -0.1) is 11.3 Å². The maximum absolute atomic E-state index is 13.1. The van der Waals surface area contributed by atoms with E-state index in [1.807, 2.05) is 66.0 Å². The number of thiophene rings is 1. The molecule has 2 aromatic carbocycles. The molecule has 0 saturated carbocycles. The van der Waals surface area contributed by atoms with Crippen molar-refractivity contribution in [3.05, 3.63) is 92.1 Å². The van der Waals surface area contributed by atoms with Crippen LogP contribution in [-0.4, -0.2) is 29.2 Å². The number of hydrogen-bond acceptors (Lipinski definition) is 4. The Hall–Kier alpha value is -2.34. The lowest BCUT2D eigenvalue weighted by atomic mass is 10.0. The van der Waals surface area contributed by atoms with E-state index in [1.165, 1.54) is 11.3 Å². The summed E-state index contributed by atoms with van der Waals surface area (Å²) in [4.78, 5) is 21.2.